The van der Waals surface area contributed by atoms with Crippen molar-refractivity contribution < 1.29 is 4.79 Å². The zero-order valence-corrected chi connectivity index (χ0v) is 1.99. The summed E-state index contributed by atoms with van der Waals surface area (Å²) in [4.78, 5) is 8.81. The van der Waals surface area contributed by atoms with Gasteiger partial charge in [0.25, 0.3) is 0 Å². The maximum absolute atomic E-state index is 8.81. The smallest absolute Gasteiger partial charge is 0.116 e. The molecule has 0 aromatic rings. The van der Waals surface area contributed by atoms with Gasteiger partial charge >= 0.3 is 0 Å². The Hall–Kier alpha value is -0.330. The number of hydrogen-bond donors (Lipinski definition) is 0. The van der Waals surface area contributed by atoms with Crippen LogP contribution in [-0.2, 0) is 4.79 Å². The van der Waals surface area contributed by atoms with Gasteiger partial charge in [-0.25, -0.2) is 0 Å². The van der Waals surface area contributed by atoms with Gasteiger partial charge in [0, 0.05) is 0 Å². The molecular weight excluding hydrogens is 52.0 g/mol. The van der Waals surface area contributed by atoms with E-state index in [-0.39, 0.29) is 7.43 Å². The second-order valence-electron chi connectivity index (χ2n) is 0.236. The zero-order valence-electron chi connectivity index (χ0n) is 1.99. The lowest BCUT2D eigenvalue weighted by Crippen LogP contribution is -1.36. The molecular formula is C3H8O. The van der Waals surface area contributed by atoms with Gasteiger partial charge < -0.3 is 4.79 Å². The Morgan fingerprint density at radius 2 is 1.75 bits per heavy atom. The first kappa shape index (κ1) is 9.38. The summed E-state index contributed by atoms with van der Waals surface area (Å²) in [7, 11) is 0. The van der Waals surface area contributed by atoms with E-state index in [1.165, 1.54) is 6.92 Å². The number of aldehydes is 1. The van der Waals surface area contributed by atoms with Crippen molar-refractivity contribution in [2.45, 2.75) is 14.4 Å². The van der Waals surface area contributed by atoms with Crippen molar-refractivity contribution >= 4 is 6.29 Å². The Morgan fingerprint density at radius 1 is 1.75 bits per heavy atom. The maximum Gasteiger partial charge on any atom is 0.116 e. The van der Waals surface area contributed by atoms with Crippen LogP contribution in [0.4, 0.5) is 0 Å². The van der Waals surface area contributed by atoms with E-state index in [1.54, 1.807) is 0 Å². The van der Waals surface area contributed by atoms with Gasteiger partial charge in [0.1, 0.15) is 6.29 Å². The van der Waals surface area contributed by atoms with Crippen molar-refractivity contribution in [1.29, 1.82) is 0 Å². The lowest BCUT2D eigenvalue weighted by atomic mass is 11.0. The zero-order chi connectivity index (χ0) is 2.71. The molecule has 0 saturated heterocycles. The third-order valence-electron chi connectivity index (χ3n) is 0. The van der Waals surface area contributed by atoms with Crippen molar-refractivity contribution in [2.75, 3.05) is 0 Å². The Morgan fingerprint density at radius 3 is 1.75 bits per heavy atom. The molecule has 0 spiro atoms. The monoisotopic (exact) mass is 60.1 g/mol. The fourth-order valence-electron chi connectivity index (χ4n) is 0. The third-order valence-corrected chi connectivity index (χ3v) is 0. The van der Waals surface area contributed by atoms with E-state index in [0.29, 0.717) is 0 Å². The van der Waals surface area contributed by atoms with Crippen LogP contribution < -0.4 is 0 Å². The van der Waals surface area contributed by atoms with E-state index in [1.807, 2.05) is 0 Å². The number of rotatable bonds is 0. The van der Waals surface area contributed by atoms with Crippen LogP contribution in [0.5, 0.6) is 0 Å². The van der Waals surface area contributed by atoms with Gasteiger partial charge in [-0.15, -0.1) is 0 Å². The highest BCUT2D eigenvalue weighted by Gasteiger charge is 1.24. The Labute approximate surface area is 26.6 Å². The van der Waals surface area contributed by atoms with E-state index in [2.05, 4.69) is 0 Å². The van der Waals surface area contributed by atoms with Gasteiger partial charge in [0.15, 0.2) is 0 Å². The van der Waals surface area contributed by atoms with E-state index in [4.69, 9.17) is 4.79 Å². The molecule has 1 heteroatoms. The van der Waals surface area contributed by atoms with Gasteiger partial charge in [-0.3, -0.25) is 0 Å². The second-order valence-corrected chi connectivity index (χ2v) is 0.236. The molecule has 0 radical (unpaired) electrons. The van der Waals surface area contributed by atoms with E-state index in [9.17, 15) is 0 Å². The highest BCUT2D eigenvalue weighted by atomic mass is 16.1. The van der Waals surface area contributed by atoms with E-state index < -0.39 is 0 Å². The quantitative estimate of drug-likeness (QED) is 0.378. The first-order valence-corrected chi connectivity index (χ1v) is 0.813. The minimum atomic E-state index is 0. The van der Waals surface area contributed by atoms with Crippen LogP contribution >= 0.6 is 0 Å². The summed E-state index contributed by atoms with van der Waals surface area (Å²) in [5.41, 5.74) is 0. The summed E-state index contributed by atoms with van der Waals surface area (Å²) in [6.45, 7) is 1.44. The Balaban J connectivity index is 0. The normalized spacial score (nSPS) is 3.25. The molecule has 0 N–H and O–H groups in total. The standard InChI is InChI=1S/C2H4O.CH4/c1-2-3;/h2H,1H3;1H4. The summed E-state index contributed by atoms with van der Waals surface area (Å²) in [6.07, 6.45) is 0.750. The fraction of sp³-hybridized carbons (Fsp3) is 0.667. The molecule has 0 fully saturated rings. The predicted molar refractivity (Wildman–Crippen MR) is 18.5 cm³/mol. The van der Waals surface area contributed by atoms with Crippen LogP contribution in [0.15, 0.2) is 0 Å². The topological polar surface area (TPSA) is 17.1 Å². The third kappa shape index (κ3) is 6.88. The summed E-state index contributed by atoms with van der Waals surface area (Å²) in [6, 6.07) is 0. The lowest BCUT2D eigenvalue weighted by molar-refractivity contribution is -0.106. The highest BCUT2D eigenvalue weighted by Crippen LogP contribution is 1.13. The fourth-order valence-corrected chi connectivity index (χ4v) is 0. The largest absolute Gasteiger partial charge is 0.304 e. The van der Waals surface area contributed by atoms with Crippen LogP contribution in [0.3, 0.4) is 0 Å². The Kier molecular flexibility index (Phi) is 38.9. The van der Waals surface area contributed by atoms with Crippen LogP contribution in [0.25, 0.3) is 0 Å². The molecule has 26 valence electrons. The van der Waals surface area contributed by atoms with Gasteiger partial charge in [-0.2, -0.15) is 0 Å². The lowest BCUT2D eigenvalue weighted by Gasteiger charge is -1.23. The summed E-state index contributed by atoms with van der Waals surface area (Å²) < 4.78 is 0. The van der Waals surface area contributed by atoms with E-state index in [0.717, 1.165) is 6.29 Å². The molecule has 0 aliphatic rings. The number of carbonyl (C=O) groups excluding carboxylic acids is 1. The van der Waals surface area contributed by atoms with Crippen molar-refractivity contribution in [2.24, 2.45) is 0 Å². The van der Waals surface area contributed by atoms with Crippen molar-refractivity contribution in [3.63, 3.8) is 0 Å². The predicted octanol–water partition coefficient (Wildman–Crippen LogP) is 0.841. The molecule has 0 saturated carbocycles. The van der Waals surface area contributed by atoms with Gasteiger partial charge in [0.05, 0.1) is 0 Å². The maximum atomic E-state index is 8.81. The molecule has 0 bridgehead atoms. The molecule has 0 rings (SSSR count). The average molecular weight is 60.1 g/mol. The first-order valence-electron chi connectivity index (χ1n) is 0.813. The summed E-state index contributed by atoms with van der Waals surface area (Å²) >= 11 is 0. The minimum Gasteiger partial charge on any atom is -0.304 e. The van der Waals surface area contributed by atoms with Gasteiger partial charge in [0.2, 0.25) is 0 Å². The molecule has 0 aliphatic heterocycles. The molecule has 1 nitrogen and oxygen atoms in total. The molecule has 0 heterocycles. The van der Waals surface area contributed by atoms with Crippen LogP contribution in [-0.4, -0.2) is 6.29 Å². The van der Waals surface area contributed by atoms with Crippen molar-refractivity contribution in [3.05, 3.63) is 0 Å². The first-order chi connectivity index (χ1) is 1.41. The number of hydrogen-bond acceptors (Lipinski definition) is 1. The Bertz CT molecular complexity index is 10.8. The molecule has 0 unspecified atom stereocenters. The summed E-state index contributed by atoms with van der Waals surface area (Å²) in [5.74, 6) is 0. The van der Waals surface area contributed by atoms with Crippen LogP contribution in [0, 0.1) is 0 Å². The minimum absolute atomic E-state index is 0. The van der Waals surface area contributed by atoms with E-state index >= 15 is 0 Å². The number of carbonyl (C=O) groups is 1. The highest BCUT2D eigenvalue weighted by molar-refractivity contribution is 5.44. The van der Waals surface area contributed by atoms with Crippen molar-refractivity contribution in [3.8, 4) is 0 Å². The molecule has 0 amide bonds. The van der Waals surface area contributed by atoms with Crippen LogP contribution in [0.2, 0.25) is 0 Å². The molecule has 0 aliphatic carbocycles. The van der Waals surface area contributed by atoms with Crippen molar-refractivity contribution in [1.82, 2.24) is 0 Å². The molecule has 0 aromatic heterocycles. The van der Waals surface area contributed by atoms with Crippen LogP contribution in [0.1, 0.15) is 14.4 Å². The second kappa shape index (κ2) is 16.6. The molecule has 0 aromatic carbocycles. The average Bonchev–Trinajstić information content (AvgIpc) is 0.918. The molecule has 0 atom stereocenters. The van der Waals surface area contributed by atoms with Gasteiger partial charge in [-0.1, -0.05) is 7.43 Å². The molecule has 4 heavy (non-hydrogen) atoms. The summed E-state index contributed by atoms with van der Waals surface area (Å²) in [5, 5.41) is 0. The van der Waals surface area contributed by atoms with Gasteiger partial charge in [-0.05, 0) is 6.92 Å². The SMILES string of the molecule is C.CC=O.